The summed E-state index contributed by atoms with van der Waals surface area (Å²) < 4.78 is 19.7. The molecule has 9 heteroatoms. The molecular formula is C26H30FN3O5. The van der Waals surface area contributed by atoms with Crippen molar-refractivity contribution >= 4 is 29.5 Å². The van der Waals surface area contributed by atoms with Gasteiger partial charge in [0.2, 0.25) is 0 Å². The van der Waals surface area contributed by atoms with Gasteiger partial charge in [0.25, 0.3) is 0 Å². The van der Waals surface area contributed by atoms with Crippen LogP contribution in [-0.2, 0) is 22.5 Å². The summed E-state index contributed by atoms with van der Waals surface area (Å²) in [5.41, 5.74) is 3.38. The van der Waals surface area contributed by atoms with Crippen molar-refractivity contribution in [3.05, 3.63) is 58.9 Å². The van der Waals surface area contributed by atoms with Gasteiger partial charge in [0.1, 0.15) is 11.9 Å². The Balaban J connectivity index is 1.29. The number of aryl methyl sites for hydroxylation is 1. The molecule has 0 atom stereocenters. The van der Waals surface area contributed by atoms with E-state index in [4.69, 9.17) is 9.84 Å². The van der Waals surface area contributed by atoms with Gasteiger partial charge >= 0.3 is 18.1 Å². The van der Waals surface area contributed by atoms with Gasteiger partial charge < -0.3 is 25.4 Å². The van der Waals surface area contributed by atoms with E-state index in [1.807, 2.05) is 12.1 Å². The van der Waals surface area contributed by atoms with Crippen molar-refractivity contribution in [2.24, 2.45) is 5.92 Å². The fourth-order valence-electron chi connectivity index (χ4n) is 4.77. The number of para-hydroxylation sites is 1. The molecular weight excluding hydrogens is 453 g/mol. The number of carboxylic acid groups (broad SMARTS) is 1. The highest BCUT2D eigenvalue weighted by atomic mass is 19.1. The zero-order valence-corrected chi connectivity index (χ0v) is 19.7. The van der Waals surface area contributed by atoms with E-state index < -0.39 is 17.8 Å². The molecule has 1 aliphatic carbocycles. The highest BCUT2D eigenvalue weighted by molar-refractivity contribution is 6.00. The molecule has 3 N–H and O–H groups in total. The second kappa shape index (κ2) is 10.8. The number of carboxylic acids is 1. The van der Waals surface area contributed by atoms with Crippen LogP contribution in [0.5, 0.6) is 0 Å². The Morgan fingerprint density at radius 3 is 2.57 bits per heavy atom. The van der Waals surface area contributed by atoms with E-state index in [9.17, 15) is 18.8 Å². The molecule has 2 aromatic carbocycles. The van der Waals surface area contributed by atoms with Crippen molar-refractivity contribution in [3.63, 3.8) is 0 Å². The minimum Gasteiger partial charge on any atom is -0.481 e. The monoisotopic (exact) mass is 483 g/mol. The number of rotatable bonds is 5. The number of amides is 3. The zero-order chi connectivity index (χ0) is 24.9. The van der Waals surface area contributed by atoms with Crippen LogP contribution in [0.25, 0.3) is 0 Å². The number of ether oxygens (including phenoxy) is 1. The molecule has 4 rings (SSSR count). The van der Waals surface area contributed by atoms with Gasteiger partial charge in [-0.3, -0.25) is 4.79 Å². The lowest BCUT2D eigenvalue weighted by Crippen LogP contribution is -2.39. The van der Waals surface area contributed by atoms with E-state index in [2.05, 4.69) is 10.6 Å². The van der Waals surface area contributed by atoms with Crippen LogP contribution in [-0.4, -0.2) is 40.7 Å². The smallest absolute Gasteiger partial charge is 0.410 e. The van der Waals surface area contributed by atoms with E-state index in [-0.39, 0.29) is 30.2 Å². The van der Waals surface area contributed by atoms with Crippen LogP contribution in [0.15, 0.2) is 36.4 Å². The number of carbonyl (C=O) groups is 3. The summed E-state index contributed by atoms with van der Waals surface area (Å²) in [7, 11) is 0. The largest absolute Gasteiger partial charge is 0.481 e. The summed E-state index contributed by atoms with van der Waals surface area (Å²) in [6.45, 7) is 2.65. The number of aliphatic carboxylic acids is 1. The van der Waals surface area contributed by atoms with E-state index in [0.29, 0.717) is 43.6 Å². The molecule has 0 aromatic heterocycles. The molecule has 8 nitrogen and oxygen atoms in total. The Labute approximate surface area is 203 Å². The Kier molecular flexibility index (Phi) is 7.53. The molecule has 1 saturated carbocycles. The second-order valence-corrected chi connectivity index (χ2v) is 9.29. The molecule has 35 heavy (non-hydrogen) atoms. The average molecular weight is 484 g/mol. The van der Waals surface area contributed by atoms with E-state index in [1.54, 1.807) is 30.0 Å². The number of nitrogens with one attached hydrogen (secondary N) is 2. The summed E-state index contributed by atoms with van der Waals surface area (Å²) in [4.78, 5) is 37.6. The van der Waals surface area contributed by atoms with Gasteiger partial charge in [-0.1, -0.05) is 18.2 Å². The lowest BCUT2D eigenvalue weighted by Gasteiger charge is -2.32. The number of carbonyl (C=O) groups excluding carboxylic acids is 2. The lowest BCUT2D eigenvalue weighted by atomic mass is 9.85. The molecule has 2 aromatic rings. The average Bonchev–Trinajstić information content (AvgIpc) is 2.82. The van der Waals surface area contributed by atoms with Gasteiger partial charge in [0.15, 0.2) is 0 Å². The SMILES string of the molecule is Cc1cccc(F)c1NC(=O)Nc1ccc2c(c1)CCN(C(=O)OC1CCC(CC(=O)O)CC1)C2. The predicted octanol–water partition coefficient (Wildman–Crippen LogP) is 5.31. The number of halogens is 1. The third kappa shape index (κ3) is 6.29. The maximum atomic E-state index is 14.0. The van der Waals surface area contributed by atoms with Crippen LogP contribution < -0.4 is 10.6 Å². The predicted molar refractivity (Wildman–Crippen MR) is 129 cm³/mol. The number of hydrogen-bond donors (Lipinski definition) is 3. The van der Waals surface area contributed by atoms with Crippen LogP contribution in [0.4, 0.5) is 25.4 Å². The molecule has 2 aliphatic rings. The standard InChI is InChI=1S/C26H30FN3O5/c1-16-3-2-4-22(27)24(16)29-25(33)28-20-8-7-19-15-30(12-11-18(19)14-20)26(34)35-21-9-5-17(6-10-21)13-23(31)32/h2-4,7-8,14,17,21H,5-6,9-13,15H2,1H3,(H,31,32)(H2,28,29,33). The first-order chi connectivity index (χ1) is 16.8. The van der Waals surface area contributed by atoms with Crippen molar-refractivity contribution < 1.29 is 28.6 Å². The van der Waals surface area contributed by atoms with Crippen LogP contribution >= 0.6 is 0 Å². The summed E-state index contributed by atoms with van der Waals surface area (Å²) in [6, 6.07) is 9.57. The highest BCUT2D eigenvalue weighted by Gasteiger charge is 2.28. The molecule has 0 spiro atoms. The minimum absolute atomic E-state index is 0.146. The molecule has 186 valence electrons. The number of benzene rings is 2. The second-order valence-electron chi connectivity index (χ2n) is 9.29. The van der Waals surface area contributed by atoms with Crippen molar-refractivity contribution in [1.82, 2.24) is 4.90 Å². The summed E-state index contributed by atoms with van der Waals surface area (Å²) in [5.74, 6) is -1.12. The molecule has 1 fully saturated rings. The maximum Gasteiger partial charge on any atom is 0.410 e. The Bertz CT molecular complexity index is 1090. The van der Waals surface area contributed by atoms with E-state index >= 15 is 0 Å². The number of hydrogen-bond acceptors (Lipinski definition) is 4. The fraction of sp³-hybridized carbons (Fsp3) is 0.423. The summed E-state index contributed by atoms with van der Waals surface area (Å²) >= 11 is 0. The molecule has 0 radical (unpaired) electrons. The third-order valence-corrected chi connectivity index (χ3v) is 6.72. The van der Waals surface area contributed by atoms with Crippen molar-refractivity contribution in [3.8, 4) is 0 Å². The first-order valence-electron chi connectivity index (χ1n) is 11.9. The van der Waals surface area contributed by atoms with Crippen LogP contribution in [0, 0.1) is 18.7 Å². The molecule has 0 unspecified atom stereocenters. The molecule has 1 heterocycles. The molecule has 3 amide bonds. The number of anilines is 2. The van der Waals surface area contributed by atoms with E-state index in [0.717, 1.165) is 24.0 Å². The topological polar surface area (TPSA) is 108 Å². The Morgan fingerprint density at radius 2 is 1.86 bits per heavy atom. The molecule has 0 saturated heterocycles. The minimum atomic E-state index is -0.781. The normalized spacial score (nSPS) is 19.4. The van der Waals surface area contributed by atoms with Crippen molar-refractivity contribution in [2.75, 3.05) is 17.2 Å². The van der Waals surface area contributed by atoms with Crippen molar-refractivity contribution in [1.29, 1.82) is 0 Å². The van der Waals surface area contributed by atoms with Gasteiger partial charge in [-0.15, -0.1) is 0 Å². The first kappa shape index (κ1) is 24.5. The highest BCUT2D eigenvalue weighted by Crippen LogP contribution is 2.30. The Morgan fingerprint density at radius 1 is 1.09 bits per heavy atom. The van der Waals surface area contributed by atoms with Crippen molar-refractivity contribution in [2.45, 2.75) is 58.1 Å². The van der Waals surface area contributed by atoms with Crippen LogP contribution in [0.2, 0.25) is 0 Å². The quantitative estimate of drug-likeness (QED) is 0.534. The molecule has 0 bridgehead atoms. The Hall–Kier alpha value is -3.62. The van der Waals surface area contributed by atoms with Gasteiger partial charge in [-0.2, -0.15) is 0 Å². The first-order valence-corrected chi connectivity index (χ1v) is 11.9. The number of urea groups is 1. The number of fused-ring (bicyclic) bond motifs is 1. The third-order valence-electron chi connectivity index (χ3n) is 6.72. The van der Waals surface area contributed by atoms with Gasteiger partial charge in [-0.05, 0) is 79.8 Å². The summed E-state index contributed by atoms with van der Waals surface area (Å²) in [5, 5.41) is 14.2. The van der Waals surface area contributed by atoms with Crippen LogP contribution in [0.3, 0.4) is 0 Å². The molecule has 1 aliphatic heterocycles. The zero-order valence-electron chi connectivity index (χ0n) is 19.7. The summed E-state index contributed by atoms with van der Waals surface area (Å²) in [6.07, 6.45) is 3.18. The maximum absolute atomic E-state index is 14.0. The van der Waals surface area contributed by atoms with Crippen LogP contribution in [0.1, 0.15) is 48.8 Å². The van der Waals surface area contributed by atoms with E-state index in [1.165, 1.54) is 6.07 Å². The van der Waals surface area contributed by atoms with Gasteiger partial charge in [0, 0.05) is 25.2 Å². The fourth-order valence-corrected chi connectivity index (χ4v) is 4.77. The number of nitrogens with zero attached hydrogens (tertiary/aromatic N) is 1. The van der Waals surface area contributed by atoms with Gasteiger partial charge in [0.05, 0.1) is 5.69 Å². The van der Waals surface area contributed by atoms with Gasteiger partial charge in [-0.25, -0.2) is 14.0 Å². The lowest BCUT2D eigenvalue weighted by molar-refractivity contribution is -0.138.